The molecule has 39 heavy (non-hydrogen) atoms. The van der Waals surface area contributed by atoms with E-state index in [1.54, 1.807) is 35.1 Å². The third kappa shape index (κ3) is 4.26. The first-order chi connectivity index (χ1) is 18.9. The van der Waals surface area contributed by atoms with E-state index in [2.05, 4.69) is 32.5 Å². The van der Waals surface area contributed by atoms with Crippen LogP contribution in [-0.2, 0) is 18.4 Å². The quantitative estimate of drug-likeness (QED) is 0.283. The van der Waals surface area contributed by atoms with Gasteiger partial charge in [-0.25, -0.2) is 4.39 Å². The monoisotopic (exact) mass is 523 g/mol. The first-order valence-electron chi connectivity index (χ1n) is 12.6. The number of rotatable bonds is 6. The van der Waals surface area contributed by atoms with Crippen molar-refractivity contribution in [2.45, 2.75) is 13.0 Å². The Labute approximate surface area is 224 Å². The molecule has 1 spiro atoms. The number of amides is 1. The lowest BCUT2D eigenvalue weighted by Gasteiger charge is -2.47. The Morgan fingerprint density at radius 2 is 2.10 bits per heavy atom. The maximum Gasteiger partial charge on any atom is 0.319 e. The fraction of sp³-hybridized carbons (Fsp3) is 0.276. The van der Waals surface area contributed by atoms with Gasteiger partial charge in [0.05, 0.1) is 28.5 Å². The summed E-state index contributed by atoms with van der Waals surface area (Å²) in [6.07, 6.45) is 11.6. The van der Waals surface area contributed by atoms with Gasteiger partial charge in [0.15, 0.2) is 5.82 Å². The Bertz CT molecular complexity index is 1640. The molecule has 0 N–H and O–H groups in total. The van der Waals surface area contributed by atoms with Crippen LogP contribution in [-0.4, -0.2) is 61.7 Å². The summed E-state index contributed by atoms with van der Waals surface area (Å²) in [5.74, 6) is 2.69. The zero-order valence-electron chi connectivity index (χ0n) is 21.5. The predicted octanol–water partition coefficient (Wildman–Crippen LogP) is 3.35. The van der Waals surface area contributed by atoms with Crippen molar-refractivity contribution in [3.05, 3.63) is 72.5 Å². The van der Waals surface area contributed by atoms with E-state index in [-0.39, 0.29) is 35.2 Å². The third-order valence-electron chi connectivity index (χ3n) is 7.45. The minimum Gasteiger partial charge on any atom is -0.457 e. The van der Waals surface area contributed by atoms with Crippen LogP contribution in [0.1, 0.15) is 17.7 Å². The van der Waals surface area contributed by atoms with Crippen LogP contribution in [0, 0.1) is 23.6 Å². The molecule has 9 nitrogen and oxygen atoms in total. The molecule has 0 aliphatic carbocycles. The van der Waals surface area contributed by atoms with Crippen LogP contribution in [0.4, 0.5) is 10.2 Å². The minimum absolute atomic E-state index is 0.0576. The molecule has 1 aromatic carbocycles. The maximum absolute atomic E-state index is 15.5. The SMILES string of the molecule is C#Cc1c(-c2c(F)ccc3cnn(C)c23)nc(OCc2ccccn2)nc1N1CCC2(CN(C(=O)C=C)C2)C1. The summed E-state index contributed by atoms with van der Waals surface area (Å²) in [6.45, 7) is 6.34. The molecule has 0 bridgehead atoms. The van der Waals surface area contributed by atoms with Crippen molar-refractivity contribution in [1.82, 2.24) is 29.6 Å². The molecule has 2 aliphatic heterocycles. The van der Waals surface area contributed by atoms with E-state index < -0.39 is 5.82 Å². The molecule has 2 fully saturated rings. The average Bonchev–Trinajstić information content (AvgIpc) is 3.55. The van der Waals surface area contributed by atoms with E-state index in [1.807, 2.05) is 18.2 Å². The lowest BCUT2D eigenvalue weighted by molar-refractivity contribution is -0.136. The summed E-state index contributed by atoms with van der Waals surface area (Å²) in [5, 5.41) is 5.07. The highest BCUT2D eigenvalue weighted by Gasteiger charge is 2.49. The summed E-state index contributed by atoms with van der Waals surface area (Å²) in [7, 11) is 1.75. The highest BCUT2D eigenvalue weighted by atomic mass is 19.1. The first-order valence-corrected chi connectivity index (χ1v) is 12.6. The van der Waals surface area contributed by atoms with Crippen molar-refractivity contribution in [2.75, 3.05) is 31.1 Å². The van der Waals surface area contributed by atoms with E-state index in [9.17, 15) is 4.79 Å². The number of nitrogens with zero attached hydrogens (tertiary/aromatic N) is 7. The molecule has 6 rings (SSSR count). The summed E-state index contributed by atoms with van der Waals surface area (Å²) in [6, 6.07) is 8.66. The normalized spacial score (nSPS) is 15.8. The van der Waals surface area contributed by atoms with Crippen molar-refractivity contribution in [3.8, 4) is 29.6 Å². The van der Waals surface area contributed by atoms with E-state index in [1.165, 1.54) is 12.1 Å². The number of halogens is 1. The fourth-order valence-electron chi connectivity index (χ4n) is 5.55. The zero-order chi connectivity index (χ0) is 27.1. The van der Waals surface area contributed by atoms with Crippen LogP contribution in [0.5, 0.6) is 6.01 Å². The van der Waals surface area contributed by atoms with Crippen molar-refractivity contribution in [3.63, 3.8) is 0 Å². The standard InChI is InChI=1S/C29H26FN7O2/c1-4-21-25(24-22(30)10-9-19-14-32-35(3)26(19)24)33-28(39-15-20-8-6-7-12-31-20)34-27(21)36-13-11-29(16-36)17-37(18-29)23(38)5-2/h1,5-10,12,14H,2,11,13,15-18H2,3H3. The molecule has 10 heteroatoms. The maximum atomic E-state index is 15.5. The number of aromatic nitrogens is 5. The number of carbonyl (C=O) groups excluding carboxylic acids is 1. The number of fused-ring (bicyclic) bond motifs is 1. The molecule has 0 unspecified atom stereocenters. The van der Waals surface area contributed by atoms with Gasteiger partial charge in [0.2, 0.25) is 5.91 Å². The van der Waals surface area contributed by atoms with Gasteiger partial charge in [-0.15, -0.1) is 6.42 Å². The van der Waals surface area contributed by atoms with E-state index in [0.717, 1.165) is 11.8 Å². The molecular formula is C29H26FN7O2. The van der Waals surface area contributed by atoms with Gasteiger partial charge in [0.25, 0.3) is 0 Å². The Kier molecular flexibility index (Phi) is 5.99. The van der Waals surface area contributed by atoms with Gasteiger partial charge in [-0.1, -0.05) is 18.6 Å². The third-order valence-corrected chi connectivity index (χ3v) is 7.45. The molecular weight excluding hydrogens is 497 g/mol. The average molecular weight is 524 g/mol. The largest absolute Gasteiger partial charge is 0.457 e. The topological polar surface area (TPSA) is 89.3 Å². The summed E-state index contributed by atoms with van der Waals surface area (Å²) >= 11 is 0. The van der Waals surface area contributed by atoms with Gasteiger partial charge in [-0.05, 0) is 36.8 Å². The molecule has 0 radical (unpaired) electrons. The van der Waals surface area contributed by atoms with Gasteiger partial charge in [-0.2, -0.15) is 15.1 Å². The molecule has 196 valence electrons. The molecule has 1 amide bonds. The van der Waals surface area contributed by atoms with Crippen molar-refractivity contribution in [2.24, 2.45) is 12.5 Å². The van der Waals surface area contributed by atoms with E-state index in [4.69, 9.17) is 16.1 Å². The lowest BCUT2D eigenvalue weighted by atomic mass is 9.79. The number of benzene rings is 1. The molecule has 4 aromatic rings. The number of ether oxygens (including phenoxy) is 1. The van der Waals surface area contributed by atoms with Crippen LogP contribution in [0.2, 0.25) is 0 Å². The Morgan fingerprint density at radius 3 is 2.85 bits per heavy atom. The second-order valence-corrected chi connectivity index (χ2v) is 10.0. The number of terminal acetylenes is 1. The summed E-state index contributed by atoms with van der Waals surface area (Å²) in [5.41, 5.74) is 2.10. The van der Waals surface area contributed by atoms with E-state index in [0.29, 0.717) is 48.8 Å². The van der Waals surface area contributed by atoms with Crippen LogP contribution < -0.4 is 9.64 Å². The van der Waals surface area contributed by atoms with Crippen LogP contribution in [0.15, 0.2) is 55.4 Å². The highest BCUT2D eigenvalue weighted by molar-refractivity contribution is 5.95. The van der Waals surface area contributed by atoms with Crippen LogP contribution >= 0.6 is 0 Å². The minimum atomic E-state index is -0.474. The molecule has 0 saturated carbocycles. The van der Waals surface area contributed by atoms with Gasteiger partial charge >= 0.3 is 6.01 Å². The molecule has 0 atom stereocenters. The number of likely N-dealkylation sites (tertiary alicyclic amines) is 1. The predicted molar refractivity (Wildman–Crippen MR) is 144 cm³/mol. The molecule has 3 aromatic heterocycles. The number of hydrogen-bond donors (Lipinski definition) is 0. The number of carbonyl (C=O) groups is 1. The first kappa shape index (κ1) is 24.6. The van der Waals surface area contributed by atoms with Gasteiger partial charge < -0.3 is 14.5 Å². The van der Waals surface area contributed by atoms with E-state index >= 15 is 4.39 Å². The summed E-state index contributed by atoms with van der Waals surface area (Å²) in [4.78, 5) is 29.6. The number of anilines is 1. The lowest BCUT2D eigenvalue weighted by Crippen LogP contribution is -2.59. The molecule has 2 aliphatic rings. The second-order valence-electron chi connectivity index (χ2n) is 10.0. The number of pyridine rings is 1. The van der Waals surface area contributed by atoms with Crippen LogP contribution in [0.3, 0.4) is 0 Å². The summed E-state index contributed by atoms with van der Waals surface area (Å²) < 4.78 is 23.1. The highest BCUT2D eigenvalue weighted by Crippen LogP contribution is 2.43. The van der Waals surface area contributed by atoms with Crippen molar-refractivity contribution < 1.29 is 13.9 Å². The van der Waals surface area contributed by atoms with Crippen molar-refractivity contribution in [1.29, 1.82) is 0 Å². The second kappa shape index (κ2) is 9.51. The Balaban J connectivity index is 1.44. The molecule has 2 saturated heterocycles. The Hall–Kier alpha value is -4.78. The van der Waals surface area contributed by atoms with Crippen molar-refractivity contribution >= 4 is 22.6 Å². The fourth-order valence-corrected chi connectivity index (χ4v) is 5.55. The van der Waals surface area contributed by atoms with Gasteiger partial charge in [0, 0.05) is 50.2 Å². The number of aryl methyl sites for hydroxylation is 1. The zero-order valence-corrected chi connectivity index (χ0v) is 21.5. The molecule has 5 heterocycles. The Morgan fingerprint density at radius 1 is 1.26 bits per heavy atom. The van der Waals surface area contributed by atoms with Crippen LogP contribution in [0.25, 0.3) is 22.2 Å². The van der Waals surface area contributed by atoms with Gasteiger partial charge in [-0.3, -0.25) is 14.5 Å². The smallest absolute Gasteiger partial charge is 0.319 e. The van der Waals surface area contributed by atoms with Gasteiger partial charge in [0.1, 0.15) is 18.1 Å². The number of hydrogen-bond acceptors (Lipinski definition) is 7.